The lowest BCUT2D eigenvalue weighted by Gasteiger charge is -2.36. The highest BCUT2D eigenvalue weighted by Crippen LogP contribution is 2.38. The van der Waals surface area contributed by atoms with Gasteiger partial charge in [0.25, 0.3) is 0 Å². The number of amidine groups is 1. The maximum absolute atomic E-state index is 13.4. The third-order valence-corrected chi connectivity index (χ3v) is 8.84. The third-order valence-electron chi connectivity index (χ3n) is 8.84. The van der Waals surface area contributed by atoms with Crippen molar-refractivity contribution in [2.75, 3.05) is 13.2 Å². The van der Waals surface area contributed by atoms with Crippen LogP contribution in [0.3, 0.4) is 0 Å². The molecule has 256 valence electrons. The number of benzene rings is 1. The van der Waals surface area contributed by atoms with Crippen molar-refractivity contribution in [2.24, 2.45) is 16.1 Å². The molecular weight excluding hydrogens is 608 g/mol. The van der Waals surface area contributed by atoms with Gasteiger partial charge in [-0.1, -0.05) is 45.0 Å². The van der Waals surface area contributed by atoms with E-state index in [9.17, 15) is 9.90 Å². The molecule has 1 aromatic carbocycles. The van der Waals surface area contributed by atoms with Crippen LogP contribution < -0.4 is 26.6 Å². The van der Waals surface area contributed by atoms with E-state index in [0.717, 1.165) is 36.9 Å². The lowest BCUT2D eigenvalue weighted by molar-refractivity contribution is 0.170. The summed E-state index contributed by atoms with van der Waals surface area (Å²) in [6.45, 7) is 9.15. The molecular formula is C35H48N10O3. The minimum atomic E-state index is -0.425. The summed E-state index contributed by atoms with van der Waals surface area (Å²) in [5.41, 5.74) is 9.22. The molecule has 2 unspecified atom stereocenters. The fourth-order valence-electron chi connectivity index (χ4n) is 6.01. The Balaban J connectivity index is 1.31. The lowest BCUT2D eigenvalue weighted by Crippen LogP contribution is -2.47. The first kappa shape index (κ1) is 34.4. The van der Waals surface area contributed by atoms with E-state index >= 15 is 0 Å². The van der Waals surface area contributed by atoms with E-state index in [-0.39, 0.29) is 47.5 Å². The zero-order chi connectivity index (χ0) is 34.4. The second kappa shape index (κ2) is 14.9. The summed E-state index contributed by atoms with van der Waals surface area (Å²) >= 11 is 0. The summed E-state index contributed by atoms with van der Waals surface area (Å²) in [5, 5.41) is 36.7. The van der Waals surface area contributed by atoms with Crippen LogP contribution in [0.2, 0.25) is 0 Å². The molecule has 48 heavy (non-hydrogen) atoms. The monoisotopic (exact) mass is 656 g/mol. The minimum Gasteiger partial charge on any atom is -0.484 e. The van der Waals surface area contributed by atoms with Crippen LogP contribution in [0.1, 0.15) is 83.1 Å². The molecule has 2 aromatic heterocycles. The van der Waals surface area contributed by atoms with Crippen molar-refractivity contribution >= 4 is 23.5 Å². The number of urea groups is 1. The first-order chi connectivity index (χ1) is 22.9. The predicted octanol–water partition coefficient (Wildman–Crippen LogP) is 4.69. The second-order valence-electron chi connectivity index (χ2n) is 13.5. The Morgan fingerprint density at radius 1 is 1.15 bits per heavy atom. The molecule has 3 aromatic rings. The summed E-state index contributed by atoms with van der Waals surface area (Å²) in [4.78, 5) is 20.0. The molecule has 3 heterocycles. The molecule has 0 bridgehead atoms. The van der Waals surface area contributed by atoms with E-state index in [2.05, 4.69) is 32.5 Å². The Morgan fingerprint density at radius 2 is 1.92 bits per heavy atom. The number of ether oxygens (including phenoxy) is 1. The molecule has 13 heteroatoms. The van der Waals surface area contributed by atoms with Crippen LogP contribution in [0.5, 0.6) is 5.75 Å². The van der Waals surface area contributed by atoms with Crippen LogP contribution >= 0.6 is 0 Å². The quantitative estimate of drug-likeness (QED) is 0.158. The molecule has 0 radical (unpaired) electrons. The van der Waals surface area contributed by atoms with Gasteiger partial charge in [0.15, 0.2) is 0 Å². The van der Waals surface area contributed by atoms with Gasteiger partial charge in [0.2, 0.25) is 5.96 Å². The smallest absolute Gasteiger partial charge is 0.320 e. The molecule has 2 amide bonds. The van der Waals surface area contributed by atoms with Crippen molar-refractivity contribution in [2.45, 2.75) is 84.5 Å². The average molecular weight is 657 g/mol. The molecule has 3 atom stereocenters. The number of hydrogen-bond acceptors (Lipinski definition) is 8. The lowest BCUT2D eigenvalue weighted by atomic mass is 9.85. The molecule has 0 saturated carbocycles. The number of carbonyl (C=O) groups excluding carboxylic acids is 1. The number of nitrogens with zero attached hydrogens (tertiary/aromatic N) is 5. The van der Waals surface area contributed by atoms with Crippen LogP contribution in [-0.4, -0.2) is 61.4 Å². The maximum atomic E-state index is 13.4. The number of rotatable bonds is 7. The van der Waals surface area contributed by atoms with E-state index in [4.69, 9.17) is 21.3 Å². The summed E-state index contributed by atoms with van der Waals surface area (Å²) in [6.07, 6.45) is 10.9. The number of carbonyl (C=O) groups is 1. The van der Waals surface area contributed by atoms with E-state index in [0.29, 0.717) is 36.5 Å². The van der Waals surface area contributed by atoms with Crippen molar-refractivity contribution in [1.29, 1.82) is 10.8 Å². The first-order valence-electron chi connectivity index (χ1n) is 16.6. The Morgan fingerprint density at radius 3 is 2.65 bits per heavy atom. The summed E-state index contributed by atoms with van der Waals surface area (Å²) < 4.78 is 9.66. The van der Waals surface area contributed by atoms with Gasteiger partial charge in [-0.2, -0.15) is 5.10 Å². The minimum absolute atomic E-state index is 0.0514. The van der Waals surface area contributed by atoms with Crippen LogP contribution in [0.25, 0.3) is 0 Å². The molecule has 7 N–H and O–H groups in total. The molecule has 1 saturated heterocycles. The fourth-order valence-corrected chi connectivity index (χ4v) is 6.01. The number of nitrogens with one attached hydrogen (secondary N) is 4. The number of allylic oxidation sites excluding steroid dienone is 1. The van der Waals surface area contributed by atoms with Gasteiger partial charge in [0.05, 0.1) is 37.8 Å². The number of nitrogens with two attached hydrogens (primary N) is 1. The van der Waals surface area contributed by atoms with Gasteiger partial charge in [-0.25, -0.2) is 9.79 Å². The topological polar surface area (TPSA) is 183 Å². The third kappa shape index (κ3) is 8.32. The molecule has 1 aliphatic heterocycles. The largest absolute Gasteiger partial charge is 0.484 e. The molecule has 2 aliphatic rings. The number of piperidine rings is 1. The molecule has 0 spiro atoms. The van der Waals surface area contributed by atoms with E-state index in [1.54, 1.807) is 46.0 Å². The highest BCUT2D eigenvalue weighted by Gasteiger charge is 2.30. The van der Waals surface area contributed by atoms with Crippen molar-refractivity contribution in [3.05, 3.63) is 83.4 Å². The summed E-state index contributed by atoms with van der Waals surface area (Å²) in [5.74, 6) is 1.14. The number of likely N-dealkylation sites (tertiary alicyclic amines) is 1. The van der Waals surface area contributed by atoms with Gasteiger partial charge in [-0.05, 0) is 62.3 Å². The summed E-state index contributed by atoms with van der Waals surface area (Å²) in [7, 11) is 0. The van der Waals surface area contributed by atoms with Crippen LogP contribution in [0, 0.1) is 16.2 Å². The number of aliphatic imine (C=N–C) groups is 1. The number of amides is 2. The summed E-state index contributed by atoms with van der Waals surface area (Å²) in [6, 6.07) is 10.9. The molecule has 13 nitrogen and oxygen atoms in total. The Bertz CT molecular complexity index is 1730. The number of pyridine rings is 1. The van der Waals surface area contributed by atoms with Gasteiger partial charge < -0.3 is 25.8 Å². The molecule has 5 rings (SSSR count). The second-order valence-corrected chi connectivity index (χ2v) is 13.5. The number of fused-ring (bicyclic) bond motifs is 1. The zero-order valence-electron chi connectivity index (χ0n) is 28.2. The highest BCUT2D eigenvalue weighted by molar-refractivity contribution is 6.05. The SMILES string of the molecule is C[C@H]1CCCCN1C(=N)n1cc(OC2CCC(NC(=O)NC(/C=C(\N)C(C)(C)C)=Nc3cnn(CCO)c3)c3ccccc32)ccc1=N. The van der Waals surface area contributed by atoms with E-state index in [1.165, 1.54) is 0 Å². The molecule has 1 fully saturated rings. The van der Waals surface area contributed by atoms with Crippen LogP contribution in [0.15, 0.2) is 71.8 Å². The van der Waals surface area contributed by atoms with Gasteiger partial charge in [-0.3, -0.25) is 25.4 Å². The van der Waals surface area contributed by atoms with Crippen LogP contribution in [0.4, 0.5) is 10.5 Å². The zero-order valence-corrected chi connectivity index (χ0v) is 28.2. The standard InChI is InChI=1S/C35H48N10O3/c1-23-9-7-8-16-44(23)33(38)45-22-25(12-15-31(45)37)48-29-14-13-28(26-10-5-6-11-27(26)29)41-34(47)42-32(19-30(36)35(2,3)4)40-24-20-39-43(21-24)17-18-46/h5-6,10-12,15,19-23,28-29,37-38,46H,7-9,13-14,16-18,36H2,1-4H3,(H2,40,41,42,47)/b30-19-,37-31?,38-33?/t23-,28?,29?/m0/s1. The number of aromatic nitrogens is 3. The van der Waals surface area contributed by atoms with Gasteiger partial charge in [0.1, 0.15) is 28.9 Å². The number of aliphatic hydroxyl groups excluding tert-OH is 1. The van der Waals surface area contributed by atoms with Crippen molar-refractivity contribution < 1.29 is 14.6 Å². The Kier molecular flexibility index (Phi) is 10.7. The predicted molar refractivity (Wildman–Crippen MR) is 185 cm³/mol. The number of hydrogen-bond donors (Lipinski definition) is 6. The van der Waals surface area contributed by atoms with Gasteiger partial charge >= 0.3 is 6.03 Å². The number of aliphatic hydroxyl groups is 1. The Hall–Kier alpha value is -4.91. The normalized spacial score (nSPS) is 20.2. The highest BCUT2D eigenvalue weighted by atomic mass is 16.5. The van der Waals surface area contributed by atoms with Gasteiger partial charge in [0, 0.05) is 29.8 Å². The maximum Gasteiger partial charge on any atom is 0.320 e. The van der Waals surface area contributed by atoms with E-state index in [1.807, 2.05) is 45.0 Å². The Labute approximate surface area is 281 Å². The fraction of sp³-hybridized carbons (Fsp3) is 0.457. The van der Waals surface area contributed by atoms with Crippen molar-refractivity contribution in [1.82, 2.24) is 29.9 Å². The molecule has 1 aliphatic carbocycles. The van der Waals surface area contributed by atoms with Crippen molar-refractivity contribution in [3.63, 3.8) is 0 Å². The van der Waals surface area contributed by atoms with Crippen LogP contribution in [-0.2, 0) is 6.54 Å². The first-order valence-corrected chi connectivity index (χ1v) is 16.6. The van der Waals surface area contributed by atoms with E-state index < -0.39 is 6.03 Å². The average Bonchev–Trinajstić information content (AvgIpc) is 3.49. The van der Waals surface area contributed by atoms with Crippen molar-refractivity contribution in [3.8, 4) is 5.75 Å². The van der Waals surface area contributed by atoms with Gasteiger partial charge in [-0.15, -0.1) is 0 Å².